The van der Waals surface area contributed by atoms with Gasteiger partial charge in [-0.2, -0.15) is 0 Å². The standard InChI is InChI=1S/C14H18BrFO/c1-2-3-4-5-6-7-14(17)12-9-8-11(15)10-13(12)16/h2,8-10,14,17H,1,3-7H2. The van der Waals surface area contributed by atoms with Crippen LogP contribution in [-0.2, 0) is 0 Å². The highest BCUT2D eigenvalue weighted by atomic mass is 79.9. The van der Waals surface area contributed by atoms with Crippen LogP contribution >= 0.6 is 15.9 Å². The van der Waals surface area contributed by atoms with Crippen molar-refractivity contribution in [3.63, 3.8) is 0 Å². The summed E-state index contributed by atoms with van der Waals surface area (Å²) in [6, 6.07) is 4.77. The van der Waals surface area contributed by atoms with Crippen LogP contribution in [0.15, 0.2) is 35.3 Å². The quantitative estimate of drug-likeness (QED) is 0.569. The molecule has 0 amide bonds. The minimum Gasteiger partial charge on any atom is -0.388 e. The van der Waals surface area contributed by atoms with Gasteiger partial charge in [0, 0.05) is 10.0 Å². The molecule has 0 bridgehead atoms. The number of aliphatic hydroxyl groups is 1. The van der Waals surface area contributed by atoms with Crippen molar-refractivity contribution in [2.75, 3.05) is 0 Å². The number of benzene rings is 1. The van der Waals surface area contributed by atoms with Gasteiger partial charge in [0.2, 0.25) is 0 Å². The van der Waals surface area contributed by atoms with Gasteiger partial charge < -0.3 is 5.11 Å². The molecule has 94 valence electrons. The highest BCUT2D eigenvalue weighted by Gasteiger charge is 2.12. The Balaban J connectivity index is 2.41. The van der Waals surface area contributed by atoms with Crippen LogP contribution in [0.3, 0.4) is 0 Å². The van der Waals surface area contributed by atoms with E-state index in [1.54, 1.807) is 12.1 Å². The van der Waals surface area contributed by atoms with E-state index in [9.17, 15) is 9.50 Å². The largest absolute Gasteiger partial charge is 0.388 e. The highest BCUT2D eigenvalue weighted by Crippen LogP contribution is 2.24. The van der Waals surface area contributed by atoms with E-state index in [4.69, 9.17) is 0 Å². The van der Waals surface area contributed by atoms with Gasteiger partial charge in [-0.3, -0.25) is 0 Å². The first-order valence-electron chi connectivity index (χ1n) is 5.89. The number of allylic oxidation sites excluding steroid dienone is 1. The zero-order valence-corrected chi connectivity index (χ0v) is 11.4. The molecule has 3 heteroatoms. The molecule has 0 saturated carbocycles. The van der Waals surface area contributed by atoms with E-state index in [1.807, 2.05) is 6.08 Å². The van der Waals surface area contributed by atoms with Gasteiger partial charge in [0.05, 0.1) is 6.10 Å². The molecule has 17 heavy (non-hydrogen) atoms. The van der Waals surface area contributed by atoms with E-state index in [2.05, 4.69) is 22.5 Å². The van der Waals surface area contributed by atoms with Gasteiger partial charge in [-0.25, -0.2) is 4.39 Å². The van der Waals surface area contributed by atoms with Crippen molar-refractivity contribution in [2.24, 2.45) is 0 Å². The van der Waals surface area contributed by atoms with Crippen molar-refractivity contribution in [1.82, 2.24) is 0 Å². The SMILES string of the molecule is C=CCCCCCC(O)c1ccc(Br)cc1F. The van der Waals surface area contributed by atoms with E-state index in [0.717, 1.165) is 25.7 Å². The van der Waals surface area contributed by atoms with Crippen molar-refractivity contribution >= 4 is 15.9 Å². The second-order valence-corrected chi connectivity index (χ2v) is 5.02. The predicted molar refractivity (Wildman–Crippen MR) is 72.3 cm³/mol. The Labute approximate surface area is 110 Å². The van der Waals surface area contributed by atoms with Crippen molar-refractivity contribution in [3.8, 4) is 0 Å². The van der Waals surface area contributed by atoms with Gasteiger partial charge in [-0.15, -0.1) is 6.58 Å². The first kappa shape index (κ1) is 14.4. The lowest BCUT2D eigenvalue weighted by Gasteiger charge is -2.11. The summed E-state index contributed by atoms with van der Waals surface area (Å²) in [5, 5.41) is 9.87. The van der Waals surface area contributed by atoms with Crippen LogP contribution in [0, 0.1) is 5.82 Å². The van der Waals surface area contributed by atoms with Crippen LogP contribution in [0.2, 0.25) is 0 Å². The van der Waals surface area contributed by atoms with Crippen LogP contribution in [0.25, 0.3) is 0 Å². The summed E-state index contributed by atoms with van der Waals surface area (Å²) in [5.74, 6) is -0.349. The molecule has 0 saturated heterocycles. The first-order valence-corrected chi connectivity index (χ1v) is 6.68. The molecule has 1 atom stereocenters. The third-order valence-corrected chi connectivity index (χ3v) is 3.20. The van der Waals surface area contributed by atoms with Crippen molar-refractivity contribution in [2.45, 2.75) is 38.2 Å². The summed E-state index contributed by atoms with van der Waals surface area (Å²) in [6.45, 7) is 3.66. The summed E-state index contributed by atoms with van der Waals surface area (Å²) >= 11 is 3.20. The van der Waals surface area contributed by atoms with Gasteiger partial charge in [0.15, 0.2) is 0 Å². The number of aliphatic hydroxyl groups excluding tert-OH is 1. The van der Waals surface area contributed by atoms with E-state index >= 15 is 0 Å². The number of hydrogen-bond donors (Lipinski definition) is 1. The Bertz CT molecular complexity index is 365. The normalized spacial score (nSPS) is 12.4. The Morgan fingerprint density at radius 1 is 1.35 bits per heavy atom. The smallest absolute Gasteiger partial charge is 0.130 e. The lowest BCUT2D eigenvalue weighted by Crippen LogP contribution is -2.00. The molecule has 0 spiro atoms. The van der Waals surface area contributed by atoms with Crippen molar-refractivity contribution in [3.05, 3.63) is 46.7 Å². The maximum Gasteiger partial charge on any atom is 0.130 e. The Morgan fingerprint density at radius 2 is 2.12 bits per heavy atom. The number of rotatable bonds is 7. The van der Waals surface area contributed by atoms with E-state index in [0.29, 0.717) is 16.5 Å². The monoisotopic (exact) mass is 300 g/mol. The lowest BCUT2D eigenvalue weighted by atomic mass is 10.0. The molecular weight excluding hydrogens is 283 g/mol. The molecule has 0 fully saturated rings. The number of unbranched alkanes of at least 4 members (excludes halogenated alkanes) is 3. The Kier molecular flexibility index (Phi) is 6.45. The van der Waals surface area contributed by atoms with Gasteiger partial charge in [0.25, 0.3) is 0 Å². The number of hydrogen-bond acceptors (Lipinski definition) is 1. The Hall–Kier alpha value is -0.670. The molecule has 1 aromatic carbocycles. The van der Waals surface area contributed by atoms with E-state index in [1.165, 1.54) is 6.07 Å². The fourth-order valence-electron chi connectivity index (χ4n) is 1.73. The van der Waals surface area contributed by atoms with E-state index < -0.39 is 6.10 Å². The van der Waals surface area contributed by atoms with Gasteiger partial charge >= 0.3 is 0 Å². The van der Waals surface area contributed by atoms with Crippen LogP contribution in [0.1, 0.15) is 43.8 Å². The first-order chi connectivity index (χ1) is 8.15. The molecule has 1 unspecified atom stereocenters. The van der Waals surface area contributed by atoms with Crippen LogP contribution < -0.4 is 0 Å². The predicted octanol–water partition coefficient (Wildman–Crippen LogP) is 4.76. The summed E-state index contributed by atoms with van der Waals surface area (Å²) in [6.07, 6.45) is 5.83. The van der Waals surface area contributed by atoms with Gasteiger partial charge in [-0.05, 0) is 31.4 Å². The summed E-state index contributed by atoms with van der Waals surface area (Å²) < 4.78 is 14.2. The van der Waals surface area contributed by atoms with Crippen LogP contribution in [-0.4, -0.2) is 5.11 Å². The lowest BCUT2D eigenvalue weighted by molar-refractivity contribution is 0.159. The minimum atomic E-state index is -0.702. The molecular formula is C14H18BrFO. The maximum atomic E-state index is 13.5. The molecule has 1 nitrogen and oxygen atoms in total. The summed E-state index contributed by atoms with van der Waals surface area (Å²) in [4.78, 5) is 0. The maximum absolute atomic E-state index is 13.5. The Morgan fingerprint density at radius 3 is 2.76 bits per heavy atom. The highest BCUT2D eigenvalue weighted by molar-refractivity contribution is 9.10. The summed E-state index contributed by atoms with van der Waals surface area (Å²) in [5.41, 5.74) is 0.386. The van der Waals surface area contributed by atoms with Gasteiger partial charge in [0.1, 0.15) is 5.82 Å². The third-order valence-electron chi connectivity index (χ3n) is 2.71. The fourth-order valence-corrected chi connectivity index (χ4v) is 2.06. The second-order valence-electron chi connectivity index (χ2n) is 4.11. The molecule has 0 aliphatic rings. The number of halogens is 2. The van der Waals surface area contributed by atoms with Crippen LogP contribution in [0.5, 0.6) is 0 Å². The third kappa shape index (κ3) is 5.00. The molecule has 1 aromatic rings. The molecule has 1 rings (SSSR count). The molecule has 0 heterocycles. The second kappa shape index (κ2) is 7.62. The minimum absolute atomic E-state index is 0.349. The van der Waals surface area contributed by atoms with E-state index in [-0.39, 0.29) is 5.82 Å². The van der Waals surface area contributed by atoms with Crippen molar-refractivity contribution < 1.29 is 9.50 Å². The average molecular weight is 301 g/mol. The zero-order chi connectivity index (χ0) is 12.7. The molecule has 0 aromatic heterocycles. The van der Waals surface area contributed by atoms with Gasteiger partial charge in [-0.1, -0.05) is 40.9 Å². The topological polar surface area (TPSA) is 20.2 Å². The summed E-state index contributed by atoms with van der Waals surface area (Å²) in [7, 11) is 0. The molecule has 0 aliphatic carbocycles. The molecule has 0 radical (unpaired) electrons. The van der Waals surface area contributed by atoms with Crippen LogP contribution in [0.4, 0.5) is 4.39 Å². The van der Waals surface area contributed by atoms with Crippen molar-refractivity contribution in [1.29, 1.82) is 0 Å². The molecule has 0 aliphatic heterocycles. The zero-order valence-electron chi connectivity index (χ0n) is 9.83. The molecule has 1 N–H and O–H groups in total. The average Bonchev–Trinajstić information content (AvgIpc) is 2.28. The fraction of sp³-hybridized carbons (Fsp3) is 0.429.